The Balaban J connectivity index is 1.48. The average molecular weight is 529 g/mol. The number of aliphatic hydroxyl groups is 1. The number of nitrogens with one attached hydrogen (secondary N) is 2. The molecule has 0 saturated heterocycles. The summed E-state index contributed by atoms with van der Waals surface area (Å²) >= 11 is 0. The summed E-state index contributed by atoms with van der Waals surface area (Å²) in [4.78, 5) is 11.9. The minimum Gasteiger partial charge on any atom is -0.506 e. The summed E-state index contributed by atoms with van der Waals surface area (Å²) in [6.07, 6.45) is 0.0783. The Bertz CT molecular complexity index is 1330. The average Bonchev–Trinajstić information content (AvgIpc) is 2.85. The molecule has 4 N–H and O–H groups in total. The Morgan fingerprint density at radius 1 is 1.05 bits per heavy atom. The molecule has 0 radical (unpaired) electrons. The lowest BCUT2D eigenvalue weighted by Crippen LogP contribution is -2.26. The van der Waals surface area contributed by atoms with Crippen molar-refractivity contribution in [1.29, 1.82) is 0 Å². The van der Waals surface area contributed by atoms with Crippen molar-refractivity contribution < 1.29 is 32.9 Å². The van der Waals surface area contributed by atoms with Gasteiger partial charge in [0.05, 0.1) is 30.2 Å². The number of aryl methyl sites for hydroxylation is 1. The molecule has 0 bridgehead atoms. The number of benzene rings is 3. The first-order valence-electron chi connectivity index (χ1n) is 11.8. The van der Waals surface area contributed by atoms with Crippen LogP contribution in [0.4, 0.5) is 5.69 Å². The molecule has 10 heteroatoms. The van der Waals surface area contributed by atoms with Crippen LogP contribution in [0.15, 0.2) is 60.7 Å². The van der Waals surface area contributed by atoms with E-state index in [2.05, 4.69) is 10.0 Å². The highest BCUT2D eigenvalue weighted by Crippen LogP contribution is 2.28. The Morgan fingerprint density at radius 2 is 1.78 bits per heavy atom. The molecule has 0 unspecified atom stereocenters. The van der Waals surface area contributed by atoms with E-state index < -0.39 is 16.1 Å². The number of hydrogen-bond acceptors (Lipinski definition) is 8. The van der Waals surface area contributed by atoms with E-state index in [0.717, 1.165) is 22.9 Å². The van der Waals surface area contributed by atoms with Crippen LogP contribution in [0.1, 0.15) is 34.5 Å². The summed E-state index contributed by atoms with van der Waals surface area (Å²) in [6.45, 7) is 5.12. The van der Waals surface area contributed by atoms with Gasteiger partial charge in [0, 0.05) is 13.1 Å². The molecule has 0 aromatic heterocycles. The Kier molecular flexibility index (Phi) is 9.51. The minimum atomic E-state index is -3.56. The van der Waals surface area contributed by atoms with Crippen LogP contribution in [0.3, 0.4) is 0 Å². The van der Waals surface area contributed by atoms with Crippen molar-refractivity contribution in [3.63, 3.8) is 0 Å². The zero-order valence-electron chi connectivity index (χ0n) is 21.0. The molecule has 198 valence electrons. The highest BCUT2D eigenvalue weighted by atomic mass is 32.2. The van der Waals surface area contributed by atoms with Gasteiger partial charge in [-0.1, -0.05) is 24.3 Å². The van der Waals surface area contributed by atoms with Crippen LogP contribution in [-0.2, 0) is 14.8 Å². The smallest absolute Gasteiger partial charge is 0.338 e. The van der Waals surface area contributed by atoms with Crippen LogP contribution in [0.2, 0.25) is 0 Å². The molecule has 0 heterocycles. The fourth-order valence-electron chi connectivity index (χ4n) is 3.70. The van der Waals surface area contributed by atoms with Crippen molar-refractivity contribution in [1.82, 2.24) is 5.32 Å². The van der Waals surface area contributed by atoms with Crippen molar-refractivity contribution in [2.24, 2.45) is 0 Å². The molecule has 0 fully saturated rings. The monoisotopic (exact) mass is 528 g/mol. The summed E-state index contributed by atoms with van der Waals surface area (Å²) in [7, 11) is -3.56. The maximum absolute atomic E-state index is 11.9. The van der Waals surface area contributed by atoms with E-state index in [1.54, 1.807) is 13.0 Å². The highest BCUT2D eigenvalue weighted by molar-refractivity contribution is 7.92. The first-order chi connectivity index (χ1) is 17.6. The number of hydrogen-bond donors (Lipinski definition) is 4. The number of ether oxygens (including phenoxy) is 2. The molecular weight excluding hydrogens is 496 g/mol. The summed E-state index contributed by atoms with van der Waals surface area (Å²) in [5, 5.41) is 23.3. The van der Waals surface area contributed by atoms with Gasteiger partial charge in [-0.2, -0.15) is 0 Å². The van der Waals surface area contributed by atoms with Crippen molar-refractivity contribution >= 4 is 21.7 Å². The Morgan fingerprint density at radius 3 is 2.43 bits per heavy atom. The normalized spacial score (nSPS) is 12.1. The second-order valence-corrected chi connectivity index (χ2v) is 10.2. The lowest BCUT2D eigenvalue weighted by atomic mass is 9.98. The van der Waals surface area contributed by atoms with Gasteiger partial charge in [0.25, 0.3) is 0 Å². The van der Waals surface area contributed by atoms with E-state index in [4.69, 9.17) is 9.47 Å². The number of anilines is 1. The van der Waals surface area contributed by atoms with Gasteiger partial charge in [-0.05, 0) is 72.5 Å². The van der Waals surface area contributed by atoms with Crippen LogP contribution in [-0.4, -0.2) is 57.2 Å². The molecule has 3 aromatic carbocycles. The second-order valence-electron chi connectivity index (χ2n) is 8.49. The number of sulfonamides is 1. The van der Waals surface area contributed by atoms with Crippen LogP contribution in [0, 0.1) is 6.92 Å². The molecule has 0 saturated carbocycles. The van der Waals surface area contributed by atoms with Crippen molar-refractivity contribution in [2.75, 3.05) is 37.3 Å². The number of esters is 1. The predicted molar refractivity (Wildman–Crippen MR) is 142 cm³/mol. The van der Waals surface area contributed by atoms with Gasteiger partial charge in [-0.25, -0.2) is 13.2 Å². The quantitative estimate of drug-likeness (QED) is 0.159. The van der Waals surface area contributed by atoms with Crippen LogP contribution >= 0.6 is 0 Å². The van der Waals surface area contributed by atoms with Gasteiger partial charge < -0.3 is 25.0 Å². The molecule has 0 amide bonds. The first-order valence-corrected chi connectivity index (χ1v) is 13.7. The predicted octanol–water partition coefficient (Wildman–Crippen LogP) is 3.62. The van der Waals surface area contributed by atoms with Crippen molar-refractivity contribution in [2.45, 2.75) is 20.0 Å². The summed E-state index contributed by atoms with van der Waals surface area (Å²) in [5.41, 5.74) is 3.97. The highest BCUT2D eigenvalue weighted by Gasteiger charge is 2.13. The number of phenols is 1. The topological polar surface area (TPSA) is 134 Å². The van der Waals surface area contributed by atoms with Crippen LogP contribution in [0.5, 0.6) is 11.5 Å². The molecule has 0 spiro atoms. The third kappa shape index (κ3) is 8.21. The minimum absolute atomic E-state index is 0.0102. The van der Waals surface area contributed by atoms with Crippen molar-refractivity contribution in [3.8, 4) is 22.6 Å². The molecule has 3 aromatic rings. The third-order valence-electron chi connectivity index (χ3n) is 5.49. The van der Waals surface area contributed by atoms with Gasteiger partial charge in [-0.3, -0.25) is 4.72 Å². The summed E-state index contributed by atoms with van der Waals surface area (Å²) in [5.74, 6) is 0.137. The van der Waals surface area contributed by atoms with Gasteiger partial charge >= 0.3 is 5.97 Å². The molecule has 3 rings (SSSR count). The fraction of sp³-hybridized carbons (Fsp3) is 0.296. The van der Waals surface area contributed by atoms with E-state index in [9.17, 15) is 23.4 Å². The lowest BCUT2D eigenvalue weighted by molar-refractivity contribution is 0.0526. The molecular formula is C27H32N2O7S. The lowest BCUT2D eigenvalue weighted by Gasteiger charge is -2.15. The van der Waals surface area contributed by atoms with Gasteiger partial charge in [-0.15, -0.1) is 0 Å². The Labute approximate surface area is 217 Å². The zero-order chi connectivity index (χ0) is 27.0. The van der Waals surface area contributed by atoms with Gasteiger partial charge in [0.15, 0.2) is 0 Å². The maximum atomic E-state index is 11.9. The SMILES string of the molecule is CCOC(=O)c1ccc(-c2ccc(OCCNC[C@@H](O)c3ccc(O)c(NS(C)(=O)=O)c3)cc2)c(C)c1. The largest absolute Gasteiger partial charge is 0.506 e. The number of carbonyl (C=O) groups is 1. The number of rotatable bonds is 12. The zero-order valence-corrected chi connectivity index (χ0v) is 21.8. The molecule has 0 aliphatic rings. The number of aromatic hydroxyl groups is 1. The summed E-state index contributed by atoms with van der Waals surface area (Å²) < 4.78 is 35.9. The number of carbonyl (C=O) groups excluding carboxylic acids is 1. The van der Waals surface area contributed by atoms with Crippen LogP contribution in [0.25, 0.3) is 11.1 Å². The number of phenolic OH excluding ortho intramolecular Hbond substituents is 1. The van der Waals surface area contributed by atoms with E-state index >= 15 is 0 Å². The third-order valence-corrected chi connectivity index (χ3v) is 6.08. The molecule has 37 heavy (non-hydrogen) atoms. The first kappa shape index (κ1) is 28.0. The van der Waals surface area contributed by atoms with E-state index in [0.29, 0.717) is 36.6 Å². The summed E-state index contributed by atoms with van der Waals surface area (Å²) in [6, 6.07) is 17.4. The van der Waals surface area contributed by atoms with E-state index in [1.165, 1.54) is 18.2 Å². The molecule has 9 nitrogen and oxygen atoms in total. The fourth-order valence-corrected chi connectivity index (χ4v) is 4.26. The molecule has 1 atom stereocenters. The van der Waals surface area contributed by atoms with Gasteiger partial charge in [0.1, 0.15) is 18.1 Å². The van der Waals surface area contributed by atoms with Crippen molar-refractivity contribution in [3.05, 3.63) is 77.4 Å². The molecule has 0 aliphatic heterocycles. The second kappa shape index (κ2) is 12.6. The number of aliphatic hydroxyl groups excluding tert-OH is 1. The van der Waals surface area contributed by atoms with Gasteiger partial charge in [0.2, 0.25) is 10.0 Å². The maximum Gasteiger partial charge on any atom is 0.338 e. The molecule has 0 aliphatic carbocycles. The van der Waals surface area contributed by atoms with E-state index in [-0.39, 0.29) is 24.0 Å². The standard InChI is InChI=1S/C27H32N2O7S/c1-4-35-27(32)21-7-11-23(18(2)15-21)19-5-9-22(10-6-19)36-14-13-28-17-26(31)20-8-12-25(30)24(16-20)29-37(3,33)34/h5-12,15-16,26,28-31H,4,13-14,17H2,1-3H3/t26-/m1/s1. The Hall–Kier alpha value is -3.60. The van der Waals surface area contributed by atoms with Crippen LogP contribution < -0.4 is 14.8 Å². The van der Waals surface area contributed by atoms with E-state index in [1.807, 2.05) is 43.3 Å².